The lowest BCUT2D eigenvalue weighted by atomic mass is 9.96. The summed E-state index contributed by atoms with van der Waals surface area (Å²) in [7, 11) is 0. The van der Waals surface area contributed by atoms with Gasteiger partial charge < -0.3 is 15.7 Å². The van der Waals surface area contributed by atoms with Gasteiger partial charge in [0.05, 0.1) is 6.10 Å². The first kappa shape index (κ1) is 13.0. The van der Waals surface area contributed by atoms with Gasteiger partial charge in [0.2, 0.25) is 11.8 Å². The van der Waals surface area contributed by atoms with E-state index in [1.54, 1.807) is 0 Å². The summed E-state index contributed by atoms with van der Waals surface area (Å²) in [5.41, 5.74) is 0. The Hall–Kier alpha value is -1.10. The summed E-state index contributed by atoms with van der Waals surface area (Å²) in [5.74, 6) is -0.328. The highest BCUT2D eigenvalue weighted by molar-refractivity contribution is 5.86. The molecule has 1 aliphatic heterocycles. The van der Waals surface area contributed by atoms with E-state index in [0.717, 1.165) is 0 Å². The molecule has 0 spiro atoms. The Bertz CT molecular complexity index is 256. The molecule has 0 saturated carbocycles. The molecule has 0 bridgehead atoms. The number of rotatable bonds is 5. The van der Waals surface area contributed by atoms with E-state index in [9.17, 15) is 14.7 Å². The summed E-state index contributed by atoms with van der Waals surface area (Å²) >= 11 is 0. The van der Waals surface area contributed by atoms with Crippen LogP contribution in [-0.4, -0.2) is 36.1 Å². The van der Waals surface area contributed by atoms with E-state index in [1.165, 1.54) is 0 Å². The Morgan fingerprint density at radius 1 is 1.69 bits per heavy atom. The quantitative estimate of drug-likeness (QED) is 0.609. The maximum Gasteiger partial charge on any atom is 0.223 e. The first-order valence-electron chi connectivity index (χ1n) is 5.86. The molecule has 2 unspecified atom stereocenters. The predicted molar refractivity (Wildman–Crippen MR) is 59.7 cm³/mol. The zero-order valence-corrected chi connectivity index (χ0v) is 9.66. The highest BCUT2D eigenvalue weighted by atomic mass is 16.3. The fourth-order valence-electron chi connectivity index (χ4n) is 1.72. The van der Waals surface area contributed by atoms with Crippen molar-refractivity contribution in [1.29, 1.82) is 0 Å². The van der Waals surface area contributed by atoms with Gasteiger partial charge in [-0.05, 0) is 19.3 Å². The van der Waals surface area contributed by atoms with Gasteiger partial charge in [-0.15, -0.1) is 0 Å². The molecule has 0 aromatic carbocycles. The van der Waals surface area contributed by atoms with Crippen molar-refractivity contribution in [3.05, 3.63) is 0 Å². The van der Waals surface area contributed by atoms with Gasteiger partial charge in [0.25, 0.3) is 0 Å². The van der Waals surface area contributed by atoms with Crippen molar-refractivity contribution in [2.45, 2.75) is 38.7 Å². The number of aliphatic hydroxyl groups is 1. The molecule has 2 amide bonds. The van der Waals surface area contributed by atoms with Crippen LogP contribution in [0.3, 0.4) is 0 Å². The van der Waals surface area contributed by atoms with Crippen molar-refractivity contribution in [3.8, 4) is 0 Å². The number of aliphatic hydroxyl groups excluding tert-OH is 1. The molecule has 2 atom stereocenters. The van der Waals surface area contributed by atoms with Crippen LogP contribution in [0.1, 0.15) is 32.6 Å². The predicted octanol–water partition coefficient (Wildman–Crippen LogP) is -0.210. The average molecular weight is 228 g/mol. The Morgan fingerprint density at radius 2 is 2.44 bits per heavy atom. The van der Waals surface area contributed by atoms with Gasteiger partial charge >= 0.3 is 0 Å². The summed E-state index contributed by atoms with van der Waals surface area (Å²) < 4.78 is 0. The molecule has 0 aromatic rings. The number of amides is 2. The summed E-state index contributed by atoms with van der Waals surface area (Å²) in [4.78, 5) is 22.7. The molecule has 1 rings (SSSR count). The normalized spacial score (nSPS) is 22.4. The van der Waals surface area contributed by atoms with Crippen molar-refractivity contribution in [3.63, 3.8) is 0 Å². The first-order valence-corrected chi connectivity index (χ1v) is 5.86. The maximum absolute atomic E-state index is 11.6. The monoisotopic (exact) mass is 228 g/mol. The van der Waals surface area contributed by atoms with Crippen LogP contribution in [0.5, 0.6) is 0 Å². The Morgan fingerprint density at radius 3 is 3.06 bits per heavy atom. The fraction of sp³-hybridized carbons (Fsp3) is 0.818. The summed E-state index contributed by atoms with van der Waals surface area (Å²) in [6.45, 7) is 2.96. The fourth-order valence-corrected chi connectivity index (χ4v) is 1.72. The second-order valence-electron chi connectivity index (χ2n) is 4.18. The van der Waals surface area contributed by atoms with Crippen LogP contribution in [0.2, 0.25) is 0 Å². The molecule has 1 saturated heterocycles. The van der Waals surface area contributed by atoms with Gasteiger partial charge in [0.15, 0.2) is 0 Å². The third-order valence-electron chi connectivity index (χ3n) is 2.87. The molecule has 0 radical (unpaired) electrons. The van der Waals surface area contributed by atoms with Gasteiger partial charge in [-0.25, -0.2) is 0 Å². The molecule has 16 heavy (non-hydrogen) atoms. The first-order chi connectivity index (χ1) is 7.63. The van der Waals surface area contributed by atoms with Crippen LogP contribution in [0.25, 0.3) is 0 Å². The molecule has 5 nitrogen and oxygen atoms in total. The van der Waals surface area contributed by atoms with Crippen molar-refractivity contribution in [2.75, 3.05) is 13.1 Å². The molecule has 3 N–H and O–H groups in total. The van der Waals surface area contributed by atoms with E-state index in [4.69, 9.17) is 0 Å². The van der Waals surface area contributed by atoms with Crippen LogP contribution < -0.4 is 10.6 Å². The molecule has 1 fully saturated rings. The van der Waals surface area contributed by atoms with E-state index in [-0.39, 0.29) is 30.3 Å². The average Bonchev–Trinajstić information content (AvgIpc) is 2.28. The van der Waals surface area contributed by atoms with Crippen molar-refractivity contribution in [1.82, 2.24) is 10.6 Å². The zero-order valence-electron chi connectivity index (χ0n) is 9.66. The minimum Gasteiger partial charge on any atom is -0.393 e. The molecule has 1 heterocycles. The highest BCUT2D eigenvalue weighted by Crippen LogP contribution is 2.12. The third kappa shape index (κ3) is 4.18. The minimum absolute atomic E-state index is 0.0556. The SMILES string of the molecule is CCC(O)CCNC(=O)C1CCNC(=O)C1. The van der Waals surface area contributed by atoms with Crippen LogP contribution in [-0.2, 0) is 9.59 Å². The molecule has 1 aliphatic rings. The van der Waals surface area contributed by atoms with Gasteiger partial charge in [0.1, 0.15) is 0 Å². The van der Waals surface area contributed by atoms with E-state index >= 15 is 0 Å². The lowest BCUT2D eigenvalue weighted by Crippen LogP contribution is -2.41. The zero-order chi connectivity index (χ0) is 12.0. The number of carbonyl (C=O) groups is 2. The summed E-state index contributed by atoms with van der Waals surface area (Å²) in [6.07, 6.45) is 1.90. The lowest BCUT2D eigenvalue weighted by molar-refractivity contribution is -0.132. The van der Waals surface area contributed by atoms with Crippen LogP contribution in [0, 0.1) is 5.92 Å². The van der Waals surface area contributed by atoms with Crippen molar-refractivity contribution < 1.29 is 14.7 Å². The topological polar surface area (TPSA) is 78.4 Å². The second-order valence-corrected chi connectivity index (χ2v) is 4.18. The van der Waals surface area contributed by atoms with E-state index < -0.39 is 0 Å². The largest absolute Gasteiger partial charge is 0.393 e. The van der Waals surface area contributed by atoms with E-state index in [0.29, 0.717) is 32.4 Å². The summed E-state index contributed by atoms with van der Waals surface area (Å²) in [5, 5.41) is 14.8. The van der Waals surface area contributed by atoms with Crippen LogP contribution in [0.4, 0.5) is 0 Å². The van der Waals surface area contributed by atoms with Gasteiger partial charge in [-0.1, -0.05) is 6.92 Å². The molecule has 5 heteroatoms. The molecular weight excluding hydrogens is 208 g/mol. The number of hydrogen-bond acceptors (Lipinski definition) is 3. The van der Waals surface area contributed by atoms with E-state index in [1.807, 2.05) is 6.92 Å². The van der Waals surface area contributed by atoms with Crippen LogP contribution in [0.15, 0.2) is 0 Å². The highest BCUT2D eigenvalue weighted by Gasteiger charge is 2.24. The number of nitrogens with one attached hydrogen (secondary N) is 2. The van der Waals surface area contributed by atoms with Gasteiger partial charge in [-0.3, -0.25) is 9.59 Å². The van der Waals surface area contributed by atoms with Crippen LogP contribution >= 0.6 is 0 Å². The standard InChI is InChI=1S/C11H20N2O3/c1-2-9(14)4-6-13-11(16)8-3-5-12-10(15)7-8/h8-9,14H,2-7H2,1H3,(H,12,15)(H,13,16). The molecule has 0 aliphatic carbocycles. The Kier molecular flexibility index (Phi) is 5.25. The number of carbonyl (C=O) groups excluding carboxylic acids is 2. The van der Waals surface area contributed by atoms with Gasteiger partial charge in [-0.2, -0.15) is 0 Å². The minimum atomic E-state index is -0.352. The van der Waals surface area contributed by atoms with Crippen molar-refractivity contribution in [2.24, 2.45) is 5.92 Å². The van der Waals surface area contributed by atoms with E-state index in [2.05, 4.69) is 10.6 Å². The van der Waals surface area contributed by atoms with Gasteiger partial charge in [0, 0.05) is 25.4 Å². The summed E-state index contributed by atoms with van der Waals surface area (Å²) in [6, 6.07) is 0. The number of hydrogen-bond donors (Lipinski definition) is 3. The molecular formula is C11H20N2O3. The second kappa shape index (κ2) is 6.48. The number of piperidine rings is 1. The Balaban J connectivity index is 2.21. The maximum atomic E-state index is 11.6. The Labute approximate surface area is 95.6 Å². The third-order valence-corrected chi connectivity index (χ3v) is 2.87. The molecule has 0 aromatic heterocycles. The van der Waals surface area contributed by atoms with Crippen molar-refractivity contribution >= 4 is 11.8 Å². The lowest BCUT2D eigenvalue weighted by Gasteiger charge is -2.21. The molecule has 92 valence electrons. The smallest absolute Gasteiger partial charge is 0.223 e.